The second-order valence-corrected chi connectivity index (χ2v) is 4.54. The number of oxazole rings is 1. The third kappa shape index (κ3) is 2.48. The Hall–Kier alpha value is -2.95. The molecule has 0 aliphatic carbocycles. The number of ether oxygens (including phenoxy) is 2. The second-order valence-electron chi connectivity index (χ2n) is 4.54. The zero-order valence-electron chi connectivity index (χ0n) is 12.2. The summed E-state index contributed by atoms with van der Waals surface area (Å²) in [6.45, 7) is 0. The SMILES string of the molecule is COc1[c]cccc1-c1coc(-c2ccc(OC)c(O)c2)n1. The molecule has 0 amide bonds. The summed E-state index contributed by atoms with van der Waals surface area (Å²) in [5.74, 6) is 1.43. The Balaban J connectivity index is 1.99. The zero-order valence-corrected chi connectivity index (χ0v) is 12.2. The average molecular weight is 296 g/mol. The third-order valence-electron chi connectivity index (χ3n) is 3.23. The van der Waals surface area contributed by atoms with Gasteiger partial charge in [-0.15, -0.1) is 0 Å². The highest BCUT2D eigenvalue weighted by Gasteiger charge is 2.13. The summed E-state index contributed by atoms with van der Waals surface area (Å²) in [4.78, 5) is 4.44. The summed E-state index contributed by atoms with van der Waals surface area (Å²) in [6.07, 6.45) is 1.54. The lowest BCUT2D eigenvalue weighted by Gasteiger charge is -2.04. The maximum atomic E-state index is 9.84. The van der Waals surface area contributed by atoms with Crippen LogP contribution in [0.3, 0.4) is 0 Å². The van der Waals surface area contributed by atoms with Gasteiger partial charge in [-0.05, 0) is 24.3 Å². The topological polar surface area (TPSA) is 64.7 Å². The maximum absolute atomic E-state index is 9.84. The van der Waals surface area contributed by atoms with Crippen molar-refractivity contribution >= 4 is 0 Å². The molecule has 0 spiro atoms. The van der Waals surface area contributed by atoms with E-state index in [0.29, 0.717) is 28.6 Å². The van der Waals surface area contributed by atoms with Crippen LogP contribution < -0.4 is 9.47 Å². The lowest BCUT2D eigenvalue weighted by Crippen LogP contribution is -1.88. The Morgan fingerprint density at radius 3 is 2.77 bits per heavy atom. The van der Waals surface area contributed by atoms with Crippen LogP contribution >= 0.6 is 0 Å². The normalized spacial score (nSPS) is 10.5. The summed E-state index contributed by atoms with van der Waals surface area (Å²) in [5.41, 5.74) is 2.08. The first kappa shape index (κ1) is 14.0. The first-order valence-electron chi connectivity index (χ1n) is 6.61. The van der Waals surface area contributed by atoms with Crippen molar-refractivity contribution in [3.05, 3.63) is 48.7 Å². The molecule has 22 heavy (non-hydrogen) atoms. The van der Waals surface area contributed by atoms with Gasteiger partial charge in [0.1, 0.15) is 17.7 Å². The number of hydrogen-bond acceptors (Lipinski definition) is 5. The van der Waals surface area contributed by atoms with Gasteiger partial charge in [-0.3, -0.25) is 0 Å². The van der Waals surface area contributed by atoms with Crippen LogP contribution in [0.2, 0.25) is 0 Å². The number of benzene rings is 2. The smallest absolute Gasteiger partial charge is 0.226 e. The molecule has 0 saturated heterocycles. The number of phenols is 1. The largest absolute Gasteiger partial charge is 0.504 e. The fraction of sp³-hybridized carbons (Fsp3) is 0.118. The van der Waals surface area contributed by atoms with E-state index in [0.717, 1.165) is 5.56 Å². The summed E-state index contributed by atoms with van der Waals surface area (Å²) < 4.78 is 15.8. The molecule has 1 aromatic heterocycles. The van der Waals surface area contributed by atoms with Crippen molar-refractivity contribution in [1.82, 2.24) is 4.98 Å². The molecular formula is C17H14NO4. The van der Waals surface area contributed by atoms with Crippen LogP contribution in [-0.2, 0) is 0 Å². The van der Waals surface area contributed by atoms with Gasteiger partial charge in [0, 0.05) is 17.2 Å². The fourth-order valence-electron chi connectivity index (χ4n) is 2.15. The predicted molar refractivity (Wildman–Crippen MR) is 81.0 cm³/mol. The lowest BCUT2D eigenvalue weighted by atomic mass is 10.1. The molecule has 1 radical (unpaired) electrons. The van der Waals surface area contributed by atoms with Gasteiger partial charge >= 0.3 is 0 Å². The summed E-state index contributed by atoms with van der Waals surface area (Å²) in [5, 5.41) is 9.84. The number of rotatable bonds is 4. The third-order valence-corrected chi connectivity index (χ3v) is 3.23. The molecule has 0 aliphatic heterocycles. The zero-order chi connectivity index (χ0) is 15.5. The minimum absolute atomic E-state index is 0.0328. The molecule has 0 fully saturated rings. The van der Waals surface area contributed by atoms with Crippen molar-refractivity contribution in [3.8, 4) is 40.0 Å². The van der Waals surface area contributed by atoms with Gasteiger partial charge < -0.3 is 19.0 Å². The van der Waals surface area contributed by atoms with E-state index in [2.05, 4.69) is 11.1 Å². The Morgan fingerprint density at radius 2 is 2.05 bits per heavy atom. The maximum Gasteiger partial charge on any atom is 0.226 e. The molecule has 0 saturated carbocycles. The summed E-state index contributed by atoms with van der Waals surface area (Å²) >= 11 is 0. The molecule has 0 unspecified atom stereocenters. The van der Waals surface area contributed by atoms with Crippen molar-refractivity contribution in [2.24, 2.45) is 0 Å². The first-order chi connectivity index (χ1) is 10.7. The lowest BCUT2D eigenvalue weighted by molar-refractivity contribution is 0.373. The first-order valence-corrected chi connectivity index (χ1v) is 6.61. The quantitative estimate of drug-likeness (QED) is 0.798. The van der Waals surface area contributed by atoms with E-state index >= 15 is 0 Å². The van der Waals surface area contributed by atoms with E-state index < -0.39 is 0 Å². The number of phenolic OH excluding ortho intramolecular Hbond substituents is 1. The van der Waals surface area contributed by atoms with Crippen LogP contribution in [0.5, 0.6) is 17.2 Å². The van der Waals surface area contributed by atoms with Gasteiger partial charge in [-0.1, -0.05) is 12.1 Å². The van der Waals surface area contributed by atoms with E-state index in [1.54, 1.807) is 37.6 Å². The van der Waals surface area contributed by atoms with Crippen molar-refractivity contribution in [2.75, 3.05) is 14.2 Å². The summed E-state index contributed by atoms with van der Waals surface area (Å²) in [7, 11) is 3.08. The van der Waals surface area contributed by atoms with Crippen molar-refractivity contribution in [3.63, 3.8) is 0 Å². The molecule has 5 heteroatoms. The van der Waals surface area contributed by atoms with Crippen LogP contribution in [-0.4, -0.2) is 24.3 Å². The molecule has 1 heterocycles. The number of nitrogens with zero attached hydrogens (tertiary/aromatic N) is 1. The molecule has 111 valence electrons. The van der Waals surface area contributed by atoms with Gasteiger partial charge in [-0.2, -0.15) is 0 Å². The predicted octanol–water partition coefficient (Wildman–Crippen LogP) is 3.53. The average Bonchev–Trinajstić information content (AvgIpc) is 3.04. The van der Waals surface area contributed by atoms with Crippen LogP contribution in [0.4, 0.5) is 0 Å². The van der Waals surface area contributed by atoms with Crippen LogP contribution in [0.25, 0.3) is 22.7 Å². The van der Waals surface area contributed by atoms with Crippen molar-refractivity contribution in [2.45, 2.75) is 0 Å². The van der Waals surface area contributed by atoms with E-state index in [1.165, 1.54) is 7.11 Å². The Labute approximate surface area is 127 Å². The number of methoxy groups -OCH3 is 2. The standard InChI is InChI=1S/C17H14NO4/c1-20-15-6-4-3-5-12(15)13-10-22-17(18-13)11-7-8-16(21-2)14(19)9-11/h3-5,7-10,19H,1-2H3. The number of para-hydroxylation sites is 1. The molecule has 1 N–H and O–H groups in total. The molecular weight excluding hydrogens is 282 g/mol. The number of aromatic hydroxyl groups is 1. The van der Waals surface area contributed by atoms with E-state index in [-0.39, 0.29) is 5.75 Å². The summed E-state index contributed by atoms with van der Waals surface area (Å²) in [6, 6.07) is 13.5. The minimum atomic E-state index is 0.0328. The number of hydrogen-bond donors (Lipinski definition) is 1. The van der Waals surface area contributed by atoms with Crippen LogP contribution in [0.15, 0.2) is 47.1 Å². The molecule has 0 aliphatic rings. The molecule has 0 atom stereocenters. The van der Waals surface area contributed by atoms with Gasteiger partial charge in [0.25, 0.3) is 0 Å². The Kier molecular flexibility index (Phi) is 3.70. The van der Waals surface area contributed by atoms with E-state index in [4.69, 9.17) is 13.9 Å². The fourth-order valence-corrected chi connectivity index (χ4v) is 2.15. The van der Waals surface area contributed by atoms with Crippen molar-refractivity contribution < 1.29 is 19.0 Å². The van der Waals surface area contributed by atoms with Gasteiger partial charge in [0.15, 0.2) is 11.5 Å². The van der Waals surface area contributed by atoms with E-state index in [1.807, 2.05) is 12.1 Å². The van der Waals surface area contributed by atoms with E-state index in [9.17, 15) is 5.11 Å². The monoisotopic (exact) mass is 296 g/mol. The molecule has 3 aromatic rings. The highest BCUT2D eigenvalue weighted by molar-refractivity contribution is 5.69. The Bertz CT molecular complexity index is 795. The van der Waals surface area contributed by atoms with Crippen molar-refractivity contribution in [1.29, 1.82) is 0 Å². The molecule has 2 aromatic carbocycles. The molecule has 0 bridgehead atoms. The highest BCUT2D eigenvalue weighted by atomic mass is 16.5. The van der Waals surface area contributed by atoms with Crippen LogP contribution in [0.1, 0.15) is 0 Å². The van der Waals surface area contributed by atoms with Gasteiger partial charge in [0.05, 0.1) is 14.2 Å². The van der Waals surface area contributed by atoms with Gasteiger partial charge in [-0.25, -0.2) is 4.98 Å². The number of aromatic nitrogens is 1. The molecule has 3 rings (SSSR count). The Morgan fingerprint density at radius 1 is 1.18 bits per heavy atom. The minimum Gasteiger partial charge on any atom is -0.504 e. The molecule has 5 nitrogen and oxygen atoms in total. The van der Waals surface area contributed by atoms with Crippen LogP contribution in [0, 0.1) is 6.07 Å². The highest BCUT2D eigenvalue weighted by Crippen LogP contribution is 2.34. The van der Waals surface area contributed by atoms with Gasteiger partial charge in [0.2, 0.25) is 5.89 Å². The second kappa shape index (κ2) is 5.81.